The number of benzene rings is 2. The van der Waals surface area contributed by atoms with Gasteiger partial charge in [-0.1, -0.05) is 48.0 Å². The second-order valence-electron chi connectivity index (χ2n) is 8.28. The van der Waals surface area contributed by atoms with Gasteiger partial charge in [0.2, 0.25) is 0 Å². The number of methoxy groups -OCH3 is 1. The van der Waals surface area contributed by atoms with E-state index in [1.807, 2.05) is 55.5 Å². The molecule has 2 heterocycles. The molecule has 0 aliphatic carbocycles. The molecule has 5 nitrogen and oxygen atoms in total. The van der Waals surface area contributed by atoms with Crippen LogP contribution < -0.4 is 14.2 Å². The predicted molar refractivity (Wildman–Crippen MR) is 128 cm³/mol. The number of halogens is 1. The fourth-order valence-corrected chi connectivity index (χ4v) is 3.38. The number of para-hydroxylation sites is 1. The molecule has 0 N–H and O–H groups in total. The highest BCUT2D eigenvalue weighted by atomic mass is 79.9. The highest BCUT2D eigenvalue weighted by molar-refractivity contribution is 9.09. The zero-order valence-electron chi connectivity index (χ0n) is 18.1. The smallest absolute Gasteiger partial charge is 0.163 e. The van der Waals surface area contributed by atoms with Crippen molar-refractivity contribution in [1.82, 2.24) is 9.97 Å². The third-order valence-corrected chi connectivity index (χ3v) is 6.57. The minimum atomic E-state index is -0.00103. The van der Waals surface area contributed by atoms with Crippen LogP contribution in [-0.2, 0) is 0 Å². The Morgan fingerprint density at radius 1 is 0.935 bits per heavy atom. The van der Waals surface area contributed by atoms with Crippen molar-refractivity contribution in [3.05, 3.63) is 60.4 Å². The van der Waals surface area contributed by atoms with E-state index in [0.717, 1.165) is 32.8 Å². The van der Waals surface area contributed by atoms with Gasteiger partial charge in [-0.2, -0.15) is 0 Å². The summed E-state index contributed by atoms with van der Waals surface area (Å²) in [5.41, 5.74) is 2.55. The molecule has 160 valence electrons. The molecule has 4 rings (SSSR count). The summed E-state index contributed by atoms with van der Waals surface area (Å²) in [5.74, 6) is 2.71. The molecule has 0 amide bonds. The van der Waals surface area contributed by atoms with Gasteiger partial charge >= 0.3 is 0 Å². The van der Waals surface area contributed by atoms with Crippen LogP contribution in [0.25, 0.3) is 21.8 Å². The van der Waals surface area contributed by atoms with Crippen molar-refractivity contribution >= 4 is 37.7 Å². The van der Waals surface area contributed by atoms with E-state index < -0.39 is 0 Å². The molecule has 0 atom stereocenters. The predicted octanol–water partition coefficient (Wildman–Crippen LogP) is 6.69. The Morgan fingerprint density at radius 3 is 2.52 bits per heavy atom. The van der Waals surface area contributed by atoms with Gasteiger partial charge in [-0.05, 0) is 31.2 Å². The molecule has 2 aromatic carbocycles. The summed E-state index contributed by atoms with van der Waals surface area (Å²) < 4.78 is 18.0. The summed E-state index contributed by atoms with van der Waals surface area (Å²) >= 11 is 3.54. The first-order chi connectivity index (χ1) is 14.9. The molecule has 0 bridgehead atoms. The van der Waals surface area contributed by atoms with E-state index in [4.69, 9.17) is 14.2 Å². The fourth-order valence-electron chi connectivity index (χ4n) is 3.22. The lowest BCUT2D eigenvalue weighted by molar-refractivity contribution is 0.196. The fraction of sp³-hybridized carbons (Fsp3) is 0.280. The monoisotopic (exact) mass is 480 g/mol. The zero-order chi connectivity index (χ0) is 22.0. The summed E-state index contributed by atoms with van der Waals surface area (Å²) in [7, 11) is 1.64. The molecule has 0 saturated carbocycles. The quantitative estimate of drug-likeness (QED) is 0.275. The lowest BCUT2D eigenvalue weighted by atomic mass is 9.98. The number of aromatic nitrogens is 2. The maximum absolute atomic E-state index is 6.30. The Morgan fingerprint density at radius 2 is 1.74 bits per heavy atom. The van der Waals surface area contributed by atoms with E-state index in [-0.39, 0.29) is 5.41 Å². The number of hydrogen-bond acceptors (Lipinski definition) is 5. The standard InChI is InChI=1S/C25H25BrN2O3/c1-16-22(11-17-7-5-6-8-19(17)28-16)31-21-9-10-27-20-13-24(23(29-4)12-18(20)21)30-15-25(2,3)14-26/h5-13H,14-15H2,1-4H3. The molecular formula is C25H25BrN2O3. The number of pyridine rings is 2. The Bertz CT molecular complexity index is 1240. The van der Waals surface area contributed by atoms with E-state index in [9.17, 15) is 0 Å². The van der Waals surface area contributed by atoms with Crippen molar-refractivity contribution in [2.24, 2.45) is 5.41 Å². The average Bonchev–Trinajstić information content (AvgIpc) is 2.77. The molecule has 0 fully saturated rings. The van der Waals surface area contributed by atoms with E-state index in [1.54, 1.807) is 13.3 Å². The second kappa shape index (κ2) is 8.71. The van der Waals surface area contributed by atoms with Gasteiger partial charge in [-0.15, -0.1) is 0 Å². The summed E-state index contributed by atoms with van der Waals surface area (Å²) in [5, 5.41) is 2.72. The van der Waals surface area contributed by atoms with Gasteiger partial charge in [0, 0.05) is 33.8 Å². The Hall–Kier alpha value is -2.86. The minimum absolute atomic E-state index is 0.00103. The van der Waals surface area contributed by atoms with Crippen LogP contribution >= 0.6 is 15.9 Å². The van der Waals surface area contributed by atoms with Gasteiger partial charge < -0.3 is 14.2 Å². The number of fused-ring (bicyclic) bond motifs is 2. The first kappa shape index (κ1) is 21.4. The number of alkyl halides is 1. The lowest BCUT2D eigenvalue weighted by Gasteiger charge is -2.23. The molecule has 0 aliphatic rings. The molecule has 31 heavy (non-hydrogen) atoms. The molecule has 0 unspecified atom stereocenters. The number of aryl methyl sites for hydroxylation is 1. The van der Waals surface area contributed by atoms with Crippen LogP contribution in [0.5, 0.6) is 23.0 Å². The molecule has 0 aliphatic heterocycles. The van der Waals surface area contributed by atoms with Crippen molar-refractivity contribution in [1.29, 1.82) is 0 Å². The minimum Gasteiger partial charge on any atom is -0.493 e. The van der Waals surface area contributed by atoms with Crippen molar-refractivity contribution < 1.29 is 14.2 Å². The molecule has 0 radical (unpaired) electrons. The van der Waals surface area contributed by atoms with Crippen molar-refractivity contribution in [3.63, 3.8) is 0 Å². The van der Waals surface area contributed by atoms with Gasteiger partial charge in [-0.3, -0.25) is 4.98 Å². The van der Waals surface area contributed by atoms with Gasteiger partial charge in [-0.25, -0.2) is 4.98 Å². The number of hydrogen-bond donors (Lipinski definition) is 0. The molecule has 0 saturated heterocycles. The summed E-state index contributed by atoms with van der Waals surface area (Å²) in [4.78, 5) is 9.18. The van der Waals surface area contributed by atoms with Gasteiger partial charge in [0.05, 0.1) is 30.4 Å². The maximum Gasteiger partial charge on any atom is 0.163 e. The largest absolute Gasteiger partial charge is 0.493 e. The van der Waals surface area contributed by atoms with Crippen LogP contribution in [0.15, 0.2) is 54.7 Å². The normalized spacial score (nSPS) is 11.6. The zero-order valence-corrected chi connectivity index (χ0v) is 19.7. The van der Waals surface area contributed by atoms with Crippen LogP contribution in [-0.4, -0.2) is 29.0 Å². The Labute approximate surface area is 190 Å². The van der Waals surface area contributed by atoms with E-state index in [2.05, 4.69) is 39.7 Å². The van der Waals surface area contributed by atoms with Crippen LogP contribution in [0.3, 0.4) is 0 Å². The van der Waals surface area contributed by atoms with Crippen molar-refractivity contribution in [2.75, 3.05) is 19.0 Å². The molecule has 4 aromatic rings. The Balaban J connectivity index is 1.72. The first-order valence-electron chi connectivity index (χ1n) is 10.1. The van der Waals surface area contributed by atoms with Crippen molar-refractivity contribution in [2.45, 2.75) is 20.8 Å². The van der Waals surface area contributed by atoms with E-state index in [0.29, 0.717) is 29.6 Å². The number of nitrogens with zero attached hydrogens (tertiary/aromatic N) is 2. The van der Waals surface area contributed by atoms with Crippen LogP contribution in [0.4, 0.5) is 0 Å². The lowest BCUT2D eigenvalue weighted by Crippen LogP contribution is -2.23. The van der Waals surface area contributed by atoms with Gasteiger partial charge in [0.1, 0.15) is 11.5 Å². The summed E-state index contributed by atoms with van der Waals surface area (Å²) in [6.07, 6.45) is 1.74. The van der Waals surface area contributed by atoms with Gasteiger partial charge in [0.15, 0.2) is 11.5 Å². The number of ether oxygens (including phenoxy) is 3. The second-order valence-corrected chi connectivity index (χ2v) is 8.84. The molecular weight excluding hydrogens is 456 g/mol. The van der Waals surface area contributed by atoms with Crippen LogP contribution in [0.2, 0.25) is 0 Å². The average molecular weight is 481 g/mol. The highest BCUT2D eigenvalue weighted by Gasteiger charge is 2.19. The van der Waals surface area contributed by atoms with E-state index >= 15 is 0 Å². The maximum atomic E-state index is 6.30. The van der Waals surface area contributed by atoms with Crippen LogP contribution in [0, 0.1) is 12.3 Å². The van der Waals surface area contributed by atoms with E-state index in [1.165, 1.54) is 0 Å². The summed E-state index contributed by atoms with van der Waals surface area (Å²) in [6, 6.07) is 15.7. The molecule has 0 spiro atoms. The highest BCUT2D eigenvalue weighted by Crippen LogP contribution is 2.38. The Kier molecular flexibility index (Phi) is 6.01. The van der Waals surface area contributed by atoms with Crippen LogP contribution in [0.1, 0.15) is 19.5 Å². The third-order valence-electron chi connectivity index (χ3n) is 5.06. The topological polar surface area (TPSA) is 53.5 Å². The summed E-state index contributed by atoms with van der Waals surface area (Å²) in [6.45, 7) is 6.78. The van der Waals surface area contributed by atoms with Crippen molar-refractivity contribution in [3.8, 4) is 23.0 Å². The molecule has 6 heteroatoms. The SMILES string of the molecule is COc1cc2c(Oc3cc4ccccc4nc3C)ccnc2cc1OCC(C)(C)CBr. The first-order valence-corrected chi connectivity index (χ1v) is 11.2. The van der Waals surface area contributed by atoms with Gasteiger partial charge in [0.25, 0.3) is 0 Å². The number of rotatable bonds is 7. The molecule has 2 aromatic heterocycles. The third kappa shape index (κ3) is 4.59.